The molecule has 0 fully saturated rings. The molecule has 2 aromatic rings. The summed E-state index contributed by atoms with van der Waals surface area (Å²) in [5.74, 6) is 0.238. The SMILES string of the molecule is CCNC(=O)CN(c1ccc(OC)cc1)S(=O)(=O)c1ccccc1. The number of nitrogens with zero attached hydrogens (tertiary/aromatic N) is 1. The predicted molar refractivity (Wildman–Crippen MR) is 92.7 cm³/mol. The Kier molecular flexibility index (Phi) is 5.81. The summed E-state index contributed by atoms with van der Waals surface area (Å²) in [5, 5.41) is 2.62. The molecule has 0 radical (unpaired) electrons. The smallest absolute Gasteiger partial charge is 0.264 e. The Labute approximate surface area is 142 Å². The third kappa shape index (κ3) is 4.05. The predicted octanol–water partition coefficient (Wildman–Crippen LogP) is 2.03. The Hall–Kier alpha value is -2.54. The van der Waals surface area contributed by atoms with Crippen molar-refractivity contribution in [3.63, 3.8) is 0 Å². The van der Waals surface area contributed by atoms with Crippen LogP contribution in [0, 0.1) is 0 Å². The van der Waals surface area contributed by atoms with E-state index >= 15 is 0 Å². The van der Waals surface area contributed by atoms with Gasteiger partial charge >= 0.3 is 0 Å². The Bertz CT molecular complexity index is 774. The molecule has 0 bridgehead atoms. The van der Waals surface area contributed by atoms with E-state index in [4.69, 9.17) is 4.74 Å². The first-order valence-electron chi connectivity index (χ1n) is 7.47. The lowest BCUT2D eigenvalue weighted by atomic mass is 10.3. The van der Waals surface area contributed by atoms with Gasteiger partial charge in [0.05, 0.1) is 17.7 Å². The molecular weight excluding hydrogens is 328 g/mol. The van der Waals surface area contributed by atoms with Crippen molar-refractivity contribution in [3.8, 4) is 5.75 Å². The van der Waals surface area contributed by atoms with Gasteiger partial charge in [-0.15, -0.1) is 0 Å². The van der Waals surface area contributed by atoms with Crippen molar-refractivity contribution in [2.45, 2.75) is 11.8 Å². The number of carbonyl (C=O) groups is 1. The van der Waals surface area contributed by atoms with Crippen LogP contribution in [0.4, 0.5) is 5.69 Å². The zero-order chi connectivity index (χ0) is 17.6. The number of hydrogen-bond donors (Lipinski definition) is 1. The van der Waals surface area contributed by atoms with Crippen LogP contribution in [0.1, 0.15) is 6.92 Å². The molecule has 0 unspecified atom stereocenters. The Balaban J connectivity index is 2.43. The summed E-state index contributed by atoms with van der Waals surface area (Å²) in [5.41, 5.74) is 0.394. The highest BCUT2D eigenvalue weighted by molar-refractivity contribution is 7.92. The Morgan fingerprint density at radius 2 is 1.71 bits per heavy atom. The van der Waals surface area contributed by atoms with Crippen LogP contribution >= 0.6 is 0 Å². The first-order chi connectivity index (χ1) is 11.5. The molecule has 0 spiro atoms. The molecule has 1 N–H and O–H groups in total. The van der Waals surface area contributed by atoms with Crippen molar-refractivity contribution >= 4 is 21.6 Å². The number of ether oxygens (including phenoxy) is 1. The van der Waals surface area contributed by atoms with Crippen molar-refractivity contribution in [1.82, 2.24) is 5.32 Å². The van der Waals surface area contributed by atoms with Crippen LogP contribution in [0.5, 0.6) is 5.75 Å². The summed E-state index contributed by atoms with van der Waals surface area (Å²) in [6, 6.07) is 14.6. The minimum absolute atomic E-state index is 0.130. The van der Waals surface area contributed by atoms with E-state index in [0.29, 0.717) is 18.0 Å². The number of benzene rings is 2. The molecule has 2 aromatic carbocycles. The molecule has 0 saturated heterocycles. The number of likely N-dealkylation sites (N-methyl/N-ethyl adjacent to an activating group) is 1. The van der Waals surface area contributed by atoms with Crippen LogP contribution < -0.4 is 14.4 Å². The second-order valence-electron chi connectivity index (χ2n) is 4.98. The van der Waals surface area contributed by atoms with Gasteiger partial charge in [0.15, 0.2) is 0 Å². The number of hydrogen-bond acceptors (Lipinski definition) is 4. The lowest BCUT2D eigenvalue weighted by Gasteiger charge is -2.24. The van der Waals surface area contributed by atoms with Gasteiger partial charge in [-0.1, -0.05) is 18.2 Å². The van der Waals surface area contributed by atoms with E-state index in [1.165, 1.54) is 19.2 Å². The van der Waals surface area contributed by atoms with Crippen molar-refractivity contribution in [2.24, 2.45) is 0 Å². The number of rotatable bonds is 7. The molecule has 0 heterocycles. The fourth-order valence-corrected chi connectivity index (χ4v) is 3.61. The zero-order valence-electron chi connectivity index (χ0n) is 13.6. The molecular formula is C17H20N2O4S. The molecule has 0 aliphatic rings. The van der Waals surface area contributed by atoms with Crippen LogP contribution in [0.3, 0.4) is 0 Å². The van der Waals surface area contributed by atoms with Crippen LogP contribution in [0.25, 0.3) is 0 Å². The minimum atomic E-state index is -3.86. The van der Waals surface area contributed by atoms with Crippen molar-refractivity contribution in [1.29, 1.82) is 0 Å². The lowest BCUT2D eigenvalue weighted by molar-refractivity contribution is -0.119. The van der Waals surface area contributed by atoms with E-state index in [2.05, 4.69) is 5.32 Å². The van der Waals surface area contributed by atoms with Gasteiger partial charge in [0, 0.05) is 6.54 Å². The summed E-state index contributed by atoms with van der Waals surface area (Å²) >= 11 is 0. The van der Waals surface area contributed by atoms with Crippen molar-refractivity contribution < 1.29 is 17.9 Å². The molecule has 1 amide bonds. The van der Waals surface area contributed by atoms with Gasteiger partial charge in [-0.25, -0.2) is 8.42 Å². The minimum Gasteiger partial charge on any atom is -0.497 e. The number of amides is 1. The molecule has 128 valence electrons. The molecule has 24 heavy (non-hydrogen) atoms. The monoisotopic (exact) mass is 348 g/mol. The summed E-state index contributed by atoms with van der Waals surface area (Å²) in [4.78, 5) is 12.1. The fraction of sp³-hybridized carbons (Fsp3) is 0.235. The topological polar surface area (TPSA) is 75.7 Å². The molecule has 2 rings (SSSR count). The standard InChI is InChI=1S/C17H20N2O4S/c1-3-18-17(20)13-19(14-9-11-15(23-2)12-10-14)24(21,22)16-7-5-4-6-8-16/h4-12H,3,13H2,1-2H3,(H,18,20). The van der Waals surface area contributed by atoms with Crippen molar-refractivity contribution in [3.05, 3.63) is 54.6 Å². The normalized spacial score (nSPS) is 10.9. The molecule has 0 saturated carbocycles. The maximum absolute atomic E-state index is 12.9. The Morgan fingerprint density at radius 1 is 1.08 bits per heavy atom. The summed E-state index contributed by atoms with van der Waals surface area (Å²) in [6.07, 6.45) is 0. The first kappa shape index (κ1) is 17.8. The van der Waals surface area contributed by atoms with Crippen LogP contribution in [0.2, 0.25) is 0 Å². The first-order valence-corrected chi connectivity index (χ1v) is 8.91. The lowest BCUT2D eigenvalue weighted by Crippen LogP contribution is -2.40. The van der Waals surface area contributed by atoms with E-state index in [1.807, 2.05) is 0 Å². The quantitative estimate of drug-likeness (QED) is 0.831. The van der Waals surface area contributed by atoms with E-state index < -0.39 is 10.0 Å². The molecule has 0 aliphatic carbocycles. The highest BCUT2D eigenvalue weighted by Crippen LogP contribution is 2.25. The van der Waals surface area contributed by atoms with E-state index in [9.17, 15) is 13.2 Å². The van der Waals surface area contributed by atoms with E-state index in [-0.39, 0.29) is 17.3 Å². The Morgan fingerprint density at radius 3 is 2.25 bits per heavy atom. The van der Waals surface area contributed by atoms with Gasteiger partial charge in [-0.05, 0) is 43.3 Å². The van der Waals surface area contributed by atoms with Gasteiger partial charge in [-0.3, -0.25) is 9.10 Å². The molecule has 0 aliphatic heterocycles. The van der Waals surface area contributed by atoms with Crippen LogP contribution in [-0.4, -0.2) is 34.5 Å². The average molecular weight is 348 g/mol. The maximum Gasteiger partial charge on any atom is 0.264 e. The van der Waals surface area contributed by atoms with E-state index in [0.717, 1.165) is 4.31 Å². The summed E-state index contributed by atoms with van der Waals surface area (Å²) < 4.78 is 32.1. The molecule has 0 aromatic heterocycles. The van der Waals surface area contributed by atoms with Gasteiger partial charge in [-0.2, -0.15) is 0 Å². The zero-order valence-corrected chi connectivity index (χ0v) is 14.4. The van der Waals surface area contributed by atoms with Gasteiger partial charge in [0.25, 0.3) is 10.0 Å². The van der Waals surface area contributed by atoms with Gasteiger partial charge in [0.1, 0.15) is 12.3 Å². The van der Waals surface area contributed by atoms with Crippen LogP contribution in [-0.2, 0) is 14.8 Å². The summed E-state index contributed by atoms with van der Waals surface area (Å²) in [6.45, 7) is 1.92. The molecule has 6 nitrogen and oxygen atoms in total. The van der Waals surface area contributed by atoms with Gasteiger partial charge < -0.3 is 10.1 Å². The largest absolute Gasteiger partial charge is 0.497 e. The van der Waals surface area contributed by atoms with Gasteiger partial charge in [0.2, 0.25) is 5.91 Å². The highest BCUT2D eigenvalue weighted by atomic mass is 32.2. The highest BCUT2D eigenvalue weighted by Gasteiger charge is 2.26. The third-order valence-corrected chi connectivity index (χ3v) is 5.14. The van der Waals surface area contributed by atoms with Crippen LogP contribution in [0.15, 0.2) is 59.5 Å². The number of methoxy groups -OCH3 is 1. The second-order valence-corrected chi connectivity index (χ2v) is 6.84. The fourth-order valence-electron chi connectivity index (χ4n) is 2.17. The van der Waals surface area contributed by atoms with E-state index in [1.54, 1.807) is 49.4 Å². The molecule has 0 atom stereocenters. The second kappa shape index (κ2) is 7.83. The van der Waals surface area contributed by atoms with Crippen molar-refractivity contribution in [2.75, 3.05) is 24.5 Å². The number of sulfonamides is 1. The number of nitrogens with one attached hydrogen (secondary N) is 1. The number of anilines is 1. The number of carbonyl (C=O) groups excluding carboxylic acids is 1. The average Bonchev–Trinajstić information content (AvgIpc) is 2.61. The molecule has 7 heteroatoms. The maximum atomic E-state index is 12.9. The summed E-state index contributed by atoms with van der Waals surface area (Å²) in [7, 11) is -2.33. The third-order valence-electron chi connectivity index (χ3n) is 3.35.